The number of amides is 1. The first-order chi connectivity index (χ1) is 11.4. The molecule has 0 spiro atoms. The van der Waals surface area contributed by atoms with Gasteiger partial charge in [0.1, 0.15) is 5.76 Å². The quantitative estimate of drug-likeness (QED) is 0.680. The van der Waals surface area contributed by atoms with E-state index in [0.717, 1.165) is 11.4 Å². The van der Waals surface area contributed by atoms with Crippen molar-refractivity contribution < 1.29 is 9.32 Å². The van der Waals surface area contributed by atoms with Gasteiger partial charge in [-0.3, -0.25) is 4.79 Å². The summed E-state index contributed by atoms with van der Waals surface area (Å²) in [5, 5.41) is 9.95. The fourth-order valence-electron chi connectivity index (χ4n) is 2.05. The van der Waals surface area contributed by atoms with Gasteiger partial charge in [-0.15, -0.1) is 0 Å². The Bertz CT molecular complexity index is 814. The minimum atomic E-state index is -0.285. The number of carbonyl (C=O) groups is 1. The Morgan fingerprint density at radius 2 is 1.88 bits per heavy atom. The van der Waals surface area contributed by atoms with Gasteiger partial charge in [-0.1, -0.05) is 25.9 Å². The zero-order chi connectivity index (χ0) is 17.2. The van der Waals surface area contributed by atoms with E-state index >= 15 is 0 Å². The Kier molecular flexibility index (Phi) is 4.07. The van der Waals surface area contributed by atoms with Crippen LogP contribution in [0.3, 0.4) is 0 Å². The zero-order valence-corrected chi connectivity index (χ0v) is 13.8. The van der Waals surface area contributed by atoms with E-state index in [0.29, 0.717) is 11.5 Å². The Morgan fingerprint density at radius 1 is 1.17 bits per heavy atom. The molecule has 7 nitrogen and oxygen atoms in total. The summed E-state index contributed by atoms with van der Waals surface area (Å²) in [6.07, 6.45) is 3.14. The van der Waals surface area contributed by atoms with Crippen LogP contribution in [0, 0.1) is 0 Å². The maximum atomic E-state index is 11.9. The molecule has 1 amide bonds. The van der Waals surface area contributed by atoms with Crippen LogP contribution in [0.15, 0.2) is 47.2 Å². The van der Waals surface area contributed by atoms with Gasteiger partial charge >= 0.3 is 0 Å². The first kappa shape index (κ1) is 15.8. The number of benzene rings is 1. The van der Waals surface area contributed by atoms with Crippen LogP contribution in [0.25, 0.3) is 0 Å². The molecule has 7 heteroatoms. The van der Waals surface area contributed by atoms with Gasteiger partial charge < -0.3 is 20.1 Å². The second kappa shape index (κ2) is 6.19. The van der Waals surface area contributed by atoms with Gasteiger partial charge in [0.05, 0.1) is 0 Å². The number of carbonyl (C=O) groups excluding carboxylic acids is 1. The summed E-state index contributed by atoms with van der Waals surface area (Å²) in [4.78, 5) is 18.6. The first-order valence-electron chi connectivity index (χ1n) is 7.57. The third kappa shape index (κ3) is 3.62. The topological polar surface area (TPSA) is 95.8 Å². The highest BCUT2D eigenvalue weighted by molar-refractivity contribution is 6.01. The molecule has 2 heterocycles. The molecule has 3 rings (SSSR count). The predicted molar refractivity (Wildman–Crippen MR) is 91.5 cm³/mol. The first-order valence-corrected chi connectivity index (χ1v) is 7.57. The van der Waals surface area contributed by atoms with E-state index in [1.54, 1.807) is 18.3 Å². The van der Waals surface area contributed by atoms with E-state index in [4.69, 9.17) is 4.52 Å². The molecule has 0 bridgehead atoms. The molecule has 0 saturated heterocycles. The van der Waals surface area contributed by atoms with E-state index in [9.17, 15) is 4.79 Å². The van der Waals surface area contributed by atoms with Crippen LogP contribution >= 0.6 is 0 Å². The minimum Gasteiger partial charge on any atom is -0.359 e. The van der Waals surface area contributed by atoms with Crippen molar-refractivity contribution in [3.63, 3.8) is 0 Å². The van der Waals surface area contributed by atoms with Gasteiger partial charge in [0.15, 0.2) is 11.6 Å². The van der Waals surface area contributed by atoms with Crippen LogP contribution in [-0.4, -0.2) is 21.0 Å². The molecule has 3 aromatic rings. The van der Waals surface area contributed by atoms with E-state index in [2.05, 4.69) is 46.5 Å². The van der Waals surface area contributed by atoms with Crippen LogP contribution in [0.2, 0.25) is 0 Å². The van der Waals surface area contributed by atoms with Crippen LogP contribution in [0.1, 0.15) is 37.2 Å². The molecule has 0 aliphatic rings. The highest BCUT2D eigenvalue weighted by atomic mass is 16.5. The molecule has 1 aromatic carbocycles. The van der Waals surface area contributed by atoms with Crippen LogP contribution in [-0.2, 0) is 5.41 Å². The number of nitrogens with one attached hydrogen (secondary N) is 3. The molecule has 0 aliphatic carbocycles. The maximum Gasteiger partial charge on any atom is 0.291 e. The Balaban J connectivity index is 1.64. The molecule has 3 N–H and O–H groups in total. The van der Waals surface area contributed by atoms with Gasteiger partial charge in [0.2, 0.25) is 0 Å². The highest BCUT2D eigenvalue weighted by Gasteiger charge is 2.19. The Morgan fingerprint density at radius 3 is 2.46 bits per heavy atom. The fraction of sp³-hybridized carbons (Fsp3) is 0.235. The SMILES string of the molecule is CC(C)(C)c1cc(Nc2ccc(NC(=O)c3ncc[nH]3)cc2)no1. The van der Waals surface area contributed by atoms with E-state index in [-0.39, 0.29) is 17.1 Å². The number of rotatable bonds is 4. The molecule has 0 saturated carbocycles. The average molecular weight is 325 g/mol. The van der Waals surface area contributed by atoms with Crippen molar-refractivity contribution >= 4 is 23.1 Å². The third-order valence-electron chi connectivity index (χ3n) is 3.38. The summed E-state index contributed by atoms with van der Waals surface area (Å²) >= 11 is 0. The van der Waals surface area contributed by atoms with Crippen LogP contribution in [0.5, 0.6) is 0 Å². The maximum absolute atomic E-state index is 11.9. The Labute approximate surface area is 139 Å². The number of aromatic nitrogens is 3. The van der Waals surface area contributed by atoms with Gasteiger partial charge in [-0.2, -0.15) is 0 Å². The predicted octanol–water partition coefficient (Wildman–Crippen LogP) is 3.69. The van der Waals surface area contributed by atoms with E-state index in [1.165, 1.54) is 6.20 Å². The van der Waals surface area contributed by atoms with Crippen molar-refractivity contribution in [3.8, 4) is 0 Å². The number of aromatic amines is 1. The van der Waals surface area contributed by atoms with E-state index < -0.39 is 0 Å². The fourth-order valence-corrected chi connectivity index (χ4v) is 2.05. The molecule has 2 aromatic heterocycles. The molecule has 0 radical (unpaired) electrons. The van der Waals surface area contributed by atoms with Crippen LogP contribution < -0.4 is 10.6 Å². The summed E-state index contributed by atoms with van der Waals surface area (Å²) in [5.41, 5.74) is 1.43. The number of hydrogen-bond acceptors (Lipinski definition) is 5. The summed E-state index contributed by atoms with van der Waals surface area (Å²) in [7, 11) is 0. The normalized spacial score (nSPS) is 11.3. The monoisotopic (exact) mass is 325 g/mol. The lowest BCUT2D eigenvalue weighted by atomic mass is 9.93. The lowest BCUT2D eigenvalue weighted by Crippen LogP contribution is -2.13. The van der Waals surface area contributed by atoms with Gasteiger partial charge in [0, 0.05) is 35.2 Å². The largest absolute Gasteiger partial charge is 0.359 e. The number of H-pyrrole nitrogens is 1. The van der Waals surface area contributed by atoms with Crippen molar-refractivity contribution in [2.45, 2.75) is 26.2 Å². The van der Waals surface area contributed by atoms with E-state index in [1.807, 2.05) is 18.2 Å². The Hall–Kier alpha value is -3.09. The standard InChI is InChI=1S/C17H19N5O2/c1-17(2,3)13-10-14(22-24-13)20-11-4-6-12(7-5-11)21-16(23)15-18-8-9-19-15/h4-10H,1-3H3,(H,18,19)(H,20,22)(H,21,23). The smallest absolute Gasteiger partial charge is 0.291 e. The zero-order valence-electron chi connectivity index (χ0n) is 13.8. The van der Waals surface area contributed by atoms with Crippen molar-refractivity contribution in [1.29, 1.82) is 0 Å². The van der Waals surface area contributed by atoms with Crippen molar-refractivity contribution in [2.24, 2.45) is 0 Å². The molecule has 0 fully saturated rings. The number of imidazole rings is 1. The van der Waals surface area contributed by atoms with Gasteiger partial charge in [-0.05, 0) is 24.3 Å². The molecular formula is C17H19N5O2. The summed E-state index contributed by atoms with van der Waals surface area (Å²) < 4.78 is 5.34. The molecule has 0 aliphatic heterocycles. The molecule has 24 heavy (non-hydrogen) atoms. The van der Waals surface area contributed by atoms with Crippen molar-refractivity contribution in [1.82, 2.24) is 15.1 Å². The minimum absolute atomic E-state index is 0.0904. The molecule has 0 unspecified atom stereocenters. The second-order valence-electron chi connectivity index (χ2n) is 6.42. The van der Waals surface area contributed by atoms with Crippen molar-refractivity contribution in [3.05, 3.63) is 54.3 Å². The second-order valence-corrected chi connectivity index (χ2v) is 6.42. The third-order valence-corrected chi connectivity index (χ3v) is 3.38. The summed E-state index contributed by atoms with van der Waals surface area (Å²) in [6, 6.07) is 9.18. The van der Waals surface area contributed by atoms with Crippen molar-refractivity contribution in [2.75, 3.05) is 10.6 Å². The lowest BCUT2D eigenvalue weighted by molar-refractivity contribution is 0.101. The molecule has 124 valence electrons. The van der Waals surface area contributed by atoms with Gasteiger partial charge in [-0.25, -0.2) is 4.98 Å². The molecular weight excluding hydrogens is 306 g/mol. The number of hydrogen-bond donors (Lipinski definition) is 3. The highest BCUT2D eigenvalue weighted by Crippen LogP contribution is 2.26. The average Bonchev–Trinajstić information content (AvgIpc) is 3.19. The number of nitrogens with zero attached hydrogens (tertiary/aromatic N) is 2. The van der Waals surface area contributed by atoms with Gasteiger partial charge in [0.25, 0.3) is 5.91 Å². The van der Waals surface area contributed by atoms with Crippen LogP contribution in [0.4, 0.5) is 17.2 Å². The summed E-state index contributed by atoms with van der Waals surface area (Å²) in [5.74, 6) is 1.45. The molecule has 0 atom stereocenters. The number of anilines is 3. The lowest BCUT2D eigenvalue weighted by Gasteiger charge is -2.12. The summed E-state index contributed by atoms with van der Waals surface area (Å²) in [6.45, 7) is 6.19.